The van der Waals surface area contributed by atoms with Gasteiger partial charge in [-0.25, -0.2) is 9.78 Å². The molecule has 20 heavy (non-hydrogen) atoms. The summed E-state index contributed by atoms with van der Waals surface area (Å²) in [6, 6.07) is 7.87. The molecule has 0 radical (unpaired) electrons. The zero-order valence-corrected chi connectivity index (χ0v) is 11.6. The van der Waals surface area contributed by atoms with Crippen LogP contribution < -0.4 is 0 Å². The van der Waals surface area contributed by atoms with Crippen LogP contribution in [0.1, 0.15) is 22.0 Å². The maximum absolute atomic E-state index is 11.4. The van der Waals surface area contributed by atoms with Crippen LogP contribution in [-0.2, 0) is 7.05 Å². The molecule has 0 bridgehead atoms. The average molecular weight is 269 g/mol. The van der Waals surface area contributed by atoms with E-state index in [-0.39, 0.29) is 5.69 Å². The van der Waals surface area contributed by atoms with Crippen LogP contribution >= 0.6 is 0 Å². The summed E-state index contributed by atoms with van der Waals surface area (Å²) >= 11 is 0. The lowest BCUT2D eigenvalue weighted by atomic mass is 10.1. The minimum Gasteiger partial charge on any atom is -0.476 e. The topological polar surface area (TPSA) is 70.9 Å². The highest BCUT2D eigenvalue weighted by Crippen LogP contribution is 2.34. The molecule has 0 aliphatic carbocycles. The van der Waals surface area contributed by atoms with Crippen molar-refractivity contribution >= 4 is 16.9 Å². The van der Waals surface area contributed by atoms with Crippen LogP contribution in [0.4, 0.5) is 0 Å². The Balaban J connectivity index is 2.42. The second kappa shape index (κ2) is 4.23. The second-order valence-corrected chi connectivity index (χ2v) is 4.89. The third-order valence-corrected chi connectivity index (χ3v) is 3.65. The van der Waals surface area contributed by atoms with Gasteiger partial charge >= 0.3 is 5.97 Å². The summed E-state index contributed by atoms with van der Waals surface area (Å²) in [5, 5.41) is 10.4. The number of hydrogen-bond acceptors (Lipinski definition) is 2. The van der Waals surface area contributed by atoms with Crippen LogP contribution in [0.25, 0.3) is 22.2 Å². The molecule has 3 aromatic rings. The highest BCUT2D eigenvalue weighted by Gasteiger charge is 2.23. The van der Waals surface area contributed by atoms with Crippen molar-refractivity contribution in [2.24, 2.45) is 7.05 Å². The molecule has 0 aliphatic heterocycles. The molecule has 2 N–H and O–H groups in total. The first-order valence-electron chi connectivity index (χ1n) is 6.35. The Morgan fingerprint density at radius 3 is 2.70 bits per heavy atom. The van der Waals surface area contributed by atoms with Gasteiger partial charge in [-0.15, -0.1) is 0 Å². The number of para-hydroxylation sites is 1. The molecule has 0 saturated heterocycles. The standard InChI is InChI=1S/C15H15N3O2/c1-8-12(10-6-4-5-7-11(10)16-8)14-13(15(19)20)17-9(2)18(14)3/h4-7,16H,1-3H3,(H,19,20). The summed E-state index contributed by atoms with van der Waals surface area (Å²) in [5.74, 6) is -0.324. The second-order valence-electron chi connectivity index (χ2n) is 4.89. The van der Waals surface area contributed by atoms with E-state index in [4.69, 9.17) is 0 Å². The molecule has 2 heterocycles. The van der Waals surface area contributed by atoms with Crippen molar-refractivity contribution in [3.8, 4) is 11.3 Å². The van der Waals surface area contributed by atoms with Gasteiger partial charge in [-0.2, -0.15) is 0 Å². The molecule has 3 rings (SSSR count). The highest BCUT2D eigenvalue weighted by molar-refractivity contribution is 6.02. The molecule has 0 aliphatic rings. The maximum Gasteiger partial charge on any atom is 0.356 e. The predicted octanol–water partition coefficient (Wildman–Crippen LogP) is 2.88. The first-order valence-corrected chi connectivity index (χ1v) is 6.35. The van der Waals surface area contributed by atoms with Crippen molar-refractivity contribution in [3.05, 3.63) is 41.5 Å². The fourth-order valence-corrected chi connectivity index (χ4v) is 2.63. The van der Waals surface area contributed by atoms with Crippen LogP contribution in [0.15, 0.2) is 24.3 Å². The van der Waals surface area contributed by atoms with Crippen molar-refractivity contribution in [2.75, 3.05) is 0 Å². The minimum atomic E-state index is -1.01. The van der Waals surface area contributed by atoms with Crippen molar-refractivity contribution in [3.63, 3.8) is 0 Å². The highest BCUT2D eigenvalue weighted by atomic mass is 16.4. The number of aryl methyl sites for hydroxylation is 2. The van der Waals surface area contributed by atoms with E-state index >= 15 is 0 Å². The third-order valence-electron chi connectivity index (χ3n) is 3.65. The first kappa shape index (κ1) is 12.5. The monoisotopic (exact) mass is 269 g/mol. The third kappa shape index (κ3) is 1.63. The zero-order chi connectivity index (χ0) is 14.4. The lowest BCUT2D eigenvalue weighted by molar-refractivity contribution is 0.0692. The Morgan fingerprint density at radius 1 is 1.30 bits per heavy atom. The summed E-state index contributed by atoms with van der Waals surface area (Å²) in [4.78, 5) is 18.9. The van der Waals surface area contributed by atoms with Gasteiger partial charge in [0.05, 0.1) is 5.69 Å². The molecule has 1 aromatic carbocycles. The number of rotatable bonds is 2. The molecule has 5 nitrogen and oxygen atoms in total. The molecule has 2 aromatic heterocycles. The lowest BCUT2D eigenvalue weighted by Crippen LogP contribution is -2.02. The van der Waals surface area contributed by atoms with E-state index in [9.17, 15) is 9.90 Å². The predicted molar refractivity (Wildman–Crippen MR) is 76.9 cm³/mol. The summed E-state index contributed by atoms with van der Waals surface area (Å²) in [7, 11) is 1.84. The molecular weight excluding hydrogens is 254 g/mol. The number of hydrogen-bond donors (Lipinski definition) is 2. The quantitative estimate of drug-likeness (QED) is 0.751. The van der Waals surface area contributed by atoms with Crippen molar-refractivity contribution in [1.29, 1.82) is 0 Å². The molecule has 0 unspecified atom stereocenters. The molecule has 0 amide bonds. The normalized spacial score (nSPS) is 11.2. The van der Waals surface area contributed by atoms with E-state index in [1.165, 1.54) is 0 Å². The number of carboxylic acid groups (broad SMARTS) is 1. The van der Waals surface area contributed by atoms with Gasteiger partial charge in [-0.1, -0.05) is 18.2 Å². The smallest absolute Gasteiger partial charge is 0.356 e. The van der Waals surface area contributed by atoms with Gasteiger partial charge in [0.15, 0.2) is 5.69 Å². The van der Waals surface area contributed by atoms with Gasteiger partial charge in [0.25, 0.3) is 0 Å². The maximum atomic E-state index is 11.4. The number of imidazole rings is 1. The summed E-state index contributed by atoms with van der Waals surface area (Å²) in [5.41, 5.74) is 3.58. The molecule has 102 valence electrons. The molecule has 0 spiro atoms. The molecule has 0 fully saturated rings. The largest absolute Gasteiger partial charge is 0.476 e. The van der Waals surface area contributed by atoms with E-state index in [2.05, 4.69) is 9.97 Å². The Hall–Kier alpha value is -2.56. The number of fused-ring (bicyclic) bond motifs is 1. The first-order chi connectivity index (χ1) is 9.50. The molecular formula is C15H15N3O2. The molecule has 0 saturated carbocycles. The Morgan fingerprint density at radius 2 is 2.00 bits per heavy atom. The van der Waals surface area contributed by atoms with Gasteiger partial charge < -0.3 is 14.7 Å². The number of carboxylic acids is 1. The van der Waals surface area contributed by atoms with E-state index in [1.54, 1.807) is 6.92 Å². The SMILES string of the molecule is Cc1[nH]c2ccccc2c1-c1c(C(=O)O)nc(C)n1C. The Labute approximate surface area is 115 Å². The van der Waals surface area contributed by atoms with Crippen molar-refractivity contribution in [2.45, 2.75) is 13.8 Å². The van der Waals surface area contributed by atoms with Crippen LogP contribution in [0.3, 0.4) is 0 Å². The van der Waals surface area contributed by atoms with Crippen LogP contribution in [0, 0.1) is 13.8 Å². The summed E-state index contributed by atoms with van der Waals surface area (Å²) in [6.07, 6.45) is 0. The summed E-state index contributed by atoms with van der Waals surface area (Å²) in [6.45, 7) is 3.75. The summed E-state index contributed by atoms with van der Waals surface area (Å²) < 4.78 is 1.83. The van der Waals surface area contributed by atoms with Gasteiger partial charge in [0.1, 0.15) is 5.82 Å². The number of aromatic nitrogens is 3. The number of aromatic carboxylic acids is 1. The lowest BCUT2D eigenvalue weighted by Gasteiger charge is -2.05. The van der Waals surface area contributed by atoms with E-state index < -0.39 is 5.97 Å². The number of carbonyl (C=O) groups is 1. The number of benzene rings is 1. The van der Waals surface area contributed by atoms with Gasteiger partial charge in [0, 0.05) is 29.2 Å². The average Bonchev–Trinajstić information content (AvgIpc) is 2.87. The van der Waals surface area contributed by atoms with Gasteiger partial charge in [0.2, 0.25) is 0 Å². The van der Waals surface area contributed by atoms with E-state index in [0.717, 1.165) is 22.2 Å². The van der Waals surface area contributed by atoms with E-state index in [0.29, 0.717) is 11.5 Å². The fraction of sp³-hybridized carbons (Fsp3) is 0.200. The van der Waals surface area contributed by atoms with Crippen LogP contribution in [0.2, 0.25) is 0 Å². The number of nitrogens with one attached hydrogen (secondary N) is 1. The zero-order valence-electron chi connectivity index (χ0n) is 11.6. The van der Waals surface area contributed by atoms with Crippen LogP contribution in [-0.4, -0.2) is 25.6 Å². The Kier molecular flexibility index (Phi) is 2.64. The fourth-order valence-electron chi connectivity index (χ4n) is 2.63. The van der Waals surface area contributed by atoms with Crippen molar-refractivity contribution < 1.29 is 9.90 Å². The van der Waals surface area contributed by atoms with Crippen molar-refractivity contribution in [1.82, 2.24) is 14.5 Å². The number of nitrogens with zero attached hydrogens (tertiary/aromatic N) is 2. The minimum absolute atomic E-state index is 0.0952. The Bertz CT molecular complexity index is 827. The molecule has 5 heteroatoms. The molecule has 0 atom stereocenters. The number of aromatic amines is 1. The number of H-pyrrole nitrogens is 1. The van der Waals surface area contributed by atoms with Crippen LogP contribution in [0.5, 0.6) is 0 Å². The van der Waals surface area contributed by atoms with Gasteiger partial charge in [-0.05, 0) is 19.9 Å². The van der Waals surface area contributed by atoms with E-state index in [1.807, 2.05) is 42.8 Å². The van der Waals surface area contributed by atoms with Gasteiger partial charge in [-0.3, -0.25) is 0 Å².